The Hall–Kier alpha value is -0.770. The highest BCUT2D eigenvalue weighted by Crippen LogP contribution is 2.28. The molecular formula is C10H8ClF3INO3. The molecule has 0 fully saturated rings. The van der Waals surface area contributed by atoms with Gasteiger partial charge in [-0.15, -0.1) is 24.8 Å². The van der Waals surface area contributed by atoms with Crippen LogP contribution in [0, 0.1) is 3.70 Å². The molecule has 1 rings (SSSR count). The molecule has 1 aromatic rings. The van der Waals surface area contributed by atoms with Gasteiger partial charge >= 0.3 is 12.3 Å². The summed E-state index contributed by atoms with van der Waals surface area (Å²) in [5, 5.41) is 0. The lowest BCUT2D eigenvalue weighted by Gasteiger charge is -2.13. The van der Waals surface area contributed by atoms with Gasteiger partial charge in [-0.05, 0) is 34.2 Å². The second kappa shape index (κ2) is 6.60. The monoisotopic (exact) mass is 409 g/mol. The van der Waals surface area contributed by atoms with E-state index in [2.05, 4.69) is 14.5 Å². The van der Waals surface area contributed by atoms with Crippen molar-refractivity contribution < 1.29 is 27.4 Å². The molecule has 0 aromatic carbocycles. The maximum absolute atomic E-state index is 12.2. The second-order valence-corrected chi connectivity index (χ2v) is 4.63. The van der Waals surface area contributed by atoms with Crippen LogP contribution < -0.4 is 4.74 Å². The average molecular weight is 410 g/mol. The number of rotatable bonds is 4. The molecule has 0 atom stereocenters. The zero-order valence-electron chi connectivity index (χ0n) is 9.55. The minimum atomic E-state index is -4.85. The van der Waals surface area contributed by atoms with E-state index in [0.717, 1.165) is 0 Å². The van der Waals surface area contributed by atoms with E-state index in [1.165, 1.54) is 13.2 Å². The number of nitrogens with zero attached hydrogens (tertiary/aromatic N) is 1. The topological polar surface area (TPSA) is 48.4 Å². The first kappa shape index (κ1) is 16.3. The number of aromatic nitrogens is 1. The van der Waals surface area contributed by atoms with Gasteiger partial charge in [-0.25, -0.2) is 4.98 Å². The molecule has 0 amide bonds. The molecule has 1 aromatic heterocycles. The number of alkyl halides is 4. The van der Waals surface area contributed by atoms with Gasteiger partial charge < -0.3 is 9.47 Å². The summed E-state index contributed by atoms with van der Waals surface area (Å²) >= 11 is 7.26. The van der Waals surface area contributed by atoms with E-state index in [4.69, 9.17) is 11.6 Å². The normalized spacial score (nSPS) is 11.3. The molecule has 0 aliphatic carbocycles. The first-order valence-corrected chi connectivity index (χ1v) is 6.45. The van der Waals surface area contributed by atoms with Crippen molar-refractivity contribution in [1.29, 1.82) is 0 Å². The van der Waals surface area contributed by atoms with Gasteiger partial charge in [-0.2, -0.15) is 0 Å². The summed E-state index contributed by atoms with van der Waals surface area (Å²) in [6.45, 7) is 0. The minimum absolute atomic E-state index is 0.0540. The van der Waals surface area contributed by atoms with E-state index in [0.29, 0.717) is 5.56 Å². The molecule has 9 heteroatoms. The Morgan fingerprint density at radius 3 is 2.58 bits per heavy atom. The molecule has 19 heavy (non-hydrogen) atoms. The molecule has 0 radical (unpaired) electrons. The Kier molecular flexibility index (Phi) is 5.65. The van der Waals surface area contributed by atoms with Gasteiger partial charge in [-0.1, -0.05) is 0 Å². The lowest BCUT2D eigenvalue weighted by atomic mass is 10.1. The van der Waals surface area contributed by atoms with E-state index in [-0.39, 0.29) is 21.6 Å². The van der Waals surface area contributed by atoms with Gasteiger partial charge in [0.2, 0.25) is 5.88 Å². The third-order valence-corrected chi connectivity index (χ3v) is 3.23. The number of hydrogen-bond donors (Lipinski definition) is 0. The van der Waals surface area contributed by atoms with Gasteiger partial charge in [0.05, 0.1) is 19.4 Å². The van der Waals surface area contributed by atoms with Crippen LogP contribution in [0.4, 0.5) is 13.2 Å². The highest BCUT2D eigenvalue weighted by Gasteiger charge is 2.33. The summed E-state index contributed by atoms with van der Waals surface area (Å²) < 4.78 is 45.0. The van der Waals surface area contributed by atoms with Crippen molar-refractivity contribution in [2.24, 2.45) is 0 Å². The lowest BCUT2D eigenvalue weighted by Crippen LogP contribution is -2.19. The lowest BCUT2D eigenvalue weighted by molar-refractivity contribution is -0.276. The first-order valence-electron chi connectivity index (χ1n) is 4.83. The molecule has 0 bridgehead atoms. The van der Waals surface area contributed by atoms with Crippen molar-refractivity contribution in [1.82, 2.24) is 4.98 Å². The van der Waals surface area contributed by atoms with Gasteiger partial charge in [0.1, 0.15) is 3.70 Å². The number of esters is 1. The average Bonchev–Trinajstić information content (AvgIpc) is 2.30. The molecule has 0 aliphatic rings. The molecule has 4 nitrogen and oxygen atoms in total. The standard InChI is InChI=1S/C10H8ClF3INO3/c1-18-7(17)3-5-2-6(4-11)9(16-8(5)15)19-10(12,13)14/h2H,3-4H2,1H3. The van der Waals surface area contributed by atoms with Crippen molar-refractivity contribution in [3.63, 3.8) is 0 Å². The summed E-state index contributed by atoms with van der Waals surface area (Å²) in [6, 6.07) is 1.35. The van der Waals surface area contributed by atoms with E-state index in [9.17, 15) is 18.0 Å². The van der Waals surface area contributed by atoms with Crippen LogP contribution in [0.5, 0.6) is 5.88 Å². The molecule has 0 saturated heterocycles. The Bertz CT molecular complexity index is 482. The largest absolute Gasteiger partial charge is 0.574 e. The maximum Gasteiger partial charge on any atom is 0.574 e. The zero-order chi connectivity index (χ0) is 14.6. The fourth-order valence-electron chi connectivity index (χ4n) is 1.21. The molecule has 106 valence electrons. The zero-order valence-corrected chi connectivity index (χ0v) is 12.5. The summed E-state index contributed by atoms with van der Waals surface area (Å²) in [6.07, 6.45) is -4.95. The summed E-state index contributed by atoms with van der Waals surface area (Å²) in [5.41, 5.74) is 0.482. The van der Waals surface area contributed by atoms with Gasteiger partial charge in [0.25, 0.3) is 0 Å². The van der Waals surface area contributed by atoms with Crippen molar-refractivity contribution in [3.05, 3.63) is 20.9 Å². The van der Waals surface area contributed by atoms with Crippen molar-refractivity contribution in [2.45, 2.75) is 18.7 Å². The van der Waals surface area contributed by atoms with Crippen molar-refractivity contribution >= 4 is 40.2 Å². The summed E-state index contributed by atoms with van der Waals surface area (Å²) in [4.78, 5) is 14.8. The smallest absolute Gasteiger partial charge is 0.469 e. The highest BCUT2D eigenvalue weighted by atomic mass is 127. The fourth-order valence-corrected chi connectivity index (χ4v) is 1.97. The van der Waals surface area contributed by atoms with E-state index in [1.54, 1.807) is 22.6 Å². The van der Waals surface area contributed by atoms with Crippen LogP contribution in [0.15, 0.2) is 6.07 Å². The van der Waals surface area contributed by atoms with Crippen LogP contribution in [0.1, 0.15) is 11.1 Å². The van der Waals surface area contributed by atoms with Crippen LogP contribution in [0.2, 0.25) is 0 Å². The van der Waals surface area contributed by atoms with E-state index >= 15 is 0 Å². The quantitative estimate of drug-likeness (QED) is 0.332. The van der Waals surface area contributed by atoms with Crippen LogP contribution in [-0.2, 0) is 21.8 Å². The van der Waals surface area contributed by atoms with Crippen LogP contribution in [-0.4, -0.2) is 24.4 Å². The highest BCUT2D eigenvalue weighted by molar-refractivity contribution is 14.1. The van der Waals surface area contributed by atoms with Gasteiger partial charge in [0.15, 0.2) is 0 Å². The minimum Gasteiger partial charge on any atom is -0.469 e. The molecule has 0 spiro atoms. The molecular weight excluding hydrogens is 401 g/mol. The third kappa shape index (κ3) is 5.01. The summed E-state index contributed by atoms with van der Waals surface area (Å²) in [7, 11) is 1.21. The number of carbonyl (C=O) groups excluding carboxylic acids is 1. The predicted octanol–water partition coefficient (Wildman–Crippen LogP) is 3.04. The van der Waals surface area contributed by atoms with E-state index < -0.39 is 18.2 Å². The number of hydrogen-bond acceptors (Lipinski definition) is 4. The number of methoxy groups -OCH3 is 1. The molecule has 1 heterocycles. The van der Waals surface area contributed by atoms with Gasteiger partial charge in [0, 0.05) is 5.56 Å². The Labute approximate surface area is 125 Å². The third-order valence-electron chi connectivity index (χ3n) is 2.01. The number of pyridine rings is 1. The van der Waals surface area contributed by atoms with E-state index in [1.807, 2.05) is 0 Å². The fraction of sp³-hybridized carbons (Fsp3) is 0.400. The Balaban J connectivity index is 3.10. The SMILES string of the molecule is COC(=O)Cc1cc(CCl)c(OC(F)(F)F)nc1I. The molecule has 0 N–H and O–H groups in total. The Morgan fingerprint density at radius 2 is 2.11 bits per heavy atom. The number of carbonyl (C=O) groups is 1. The predicted molar refractivity (Wildman–Crippen MR) is 68.9 cm³/mol. The number of halogens is 5. The molecule has 0 unspecified atom stereocenters. The molecule has 0 aliphatic heterocycles. The second-order valence-electron chi connectivity index (χ2n) is 3.34. The van der Waals surface area contributed by atoms with Gasteiger partial charge in [-0.3, -0.25) is 4.79 Å². The van der Waals surface area contributed by atoms with Crippen LogP contribution >= 0.6 is 34.2 Å². The van der Waals surface area contributed by atoms with Crippen molar-refractivity contribution in [3.8, 4) is 5.88 Å². The van der Waals surface area contributed by atoms with Crippen molar-refractivity contribution in [2.75, 3.05) is 7.11 Å². The maximum atomic E-state index is 12.2. The first-order chi connectivity index (χ1) is 8.76. The number of ether oxygens (including phenoxy) is 2. The van der Waals surface area contributed by atoms with Crippen LogP contribution in [0.3, 0.4) is 0 Å². The van der Waals surface area contributed by atoms with Crippen LogP contribution in [0.25, 0.3) is 0 Å². The Morgan fingerprint density at radius 1 is 1.47 bits per heavy atom. The summed E-state index contributed by atoms with van der Waals surface area (Å²) in [5.74, 6) is -1.35. The molecule has 0 saturated carbocycles.